The van der Waals surface area contributed by atoms with Crippen molar-refractivity contribution in [2.45, 2.75) is 6.42 Å². The van der Waals surface area contributed by atoms with E-state index in [2.05, 4.69) is 42.7 Å². The van der Waals surface area contributed by atoms with Crippen molar-refractivity contribution in [3.63, 3.8) is 0 Å². The molecule has 0 spiro atoms. The van der Waals surface area contributed by atoms with Crippen molar-refractivity contribution < 1.29 is 14.6 Å². The minimum atomic E-state index is 0.116. The number of piperazine rings is 1. The van der Waals surface area contributed by atoms with Gasteiger partial charge in [0, 0.05) is 5.69 Å². The molecule has 1 heterocycles. The maximum Gasteiger partial charge on any atom is 0.279 e. The summed E-state index contributed by atoms with van der Waals surface area (Å²) in [4.78, 5) is 15.4. The molecule has 2 aromatic rings. The van der Waals surface area contributed by atoms with Crippen molar-refractivity contribution in [3.8, 4) is 0 Å². The van der Waals surface area contributed by atoms with Gasteiger partial charge in [-0.25, -0.2) is 0 Å². The van der Waals surface area contributed by atoms with Gasteiger partial charge in [-0.3, -0.25) is 4.79 Å². The van der Waals surface area contributed by atoms with Gasteiger partial charge in [-0.05, 0) is 23.6 Å². The lowest BCUT2D eigenvalue weighted by Gasteiger charge is -2.26. The maximum atomic E-state index is 12.4. The number of likely N-dealkylation sites (N-methyl/N-ethyl adjacent to an activating group) is 1. The van der Waals surface area contributed by atoms with Crippen LogP contribution in [-0.2, 0) is 11.2 Å². The van der Waals surface area contributed by atoms with Crippen molar-refractivity contribution in [1.82, 2.24) is 0 Å². The van der Waals surface area contributed by atoms with Crippen LogP contribution in [-0.4, -0.2) is 45.7 Å². The van der Waals surface area contributed by atoms with Gasteiger partial charge in [0.15, 0.2) is 6.54 Å². The summed E-state index contributed by atoms with van der Waals surface area (Å²) in [7, 11) is 2.22. The second kappa shape index (κ2) is 8.08. The zero-order valence-electron chi connectivity index (χ0n) is 14.3. The molecule has 4 nitrogen and oxygen atoms in total. The second-order valence-electron chi connectivity index (χ2n) is 6.75. The molecule has 1 aliphatic rings. The molecular formula is C20H27N3O+2. The van der Waals surface area contributed by atoms with Gasteiger partial charge in [-0.15, -0.1) is 0 Å². The first-order valence-corrected chi connectivity index (χ1v) is 8.77. The standard InChI is InChI=1S/C20H25N3O/c1-22-11-13-23(14-12-22)16-20(24)21-19-10-6-5-9-18(19)15-17-7-3-2-4-8-17/h2-10H,11-16H2,1H3,(H,21,24)/p+2. The van der Waals surface area contributed by atoms with Crippen molar-refractivity contribution in [1.29, 1.82) is 0 Å². The molecule has 1 saturated heterocycles. The number of amides is 1. The van der Waals surface area contributed by atoms with Crippen molar-refractivity contribution in [3.05, 3.63) is 65.7 Å². The zero-order chi connectivity index (χ0) is 16.8. The lowest BCUT2D eigenvalue weighted by atomic mass is 10.0. The first-order chi connectivity index (χ1) is 11.7. The molecule has 0 atom stereocenters. The van der Waals surface area contributed by atoms with E-state index in [1.165, 1.54) is 10.5 Å². The Kier molecular flexibility index (Phi) is 5.62. The Balaban J connectivity index is 1.61. The van der Waals surface area contributed by atoms with E-state index in [-0.39, 0.29) is 5.91 Å². The molecule has 3 rings (SSSR count). The molecule has 1 amide bonds. The monoisotopic (exact) mass is 325 g/mol. The minimum Gasteiger partial charge on any atom is -0.328 e. The van der Waals surface area contributed by atoms with Gasteiger partial charge < -0.3 is 15.1 Å². The van der Waals surface area contributed by atoms with Crippen LogP contribution in [0.5, 0.6) is 0 Å². The van der Waals surface area contributed by atoms with Gasteiger partial charge in [-0.2, -0.15) is 0 Å². The van der Waals surface area contributed by atoms with E-state index in [9.17, 15) is 4.79 Å². The van der Waals surface area contributed by atoms with Gasteiger partial charge in [0.2, 0.25) is 0 Å². The van der Waals surface area contributed by atoms with Gasteiger partial charge in [0.25, 0.3) is 5.91 Å². The van der Waals surface area contributed by atoms with Gasteiger partial charge in [0.1, 0.15) is 26.2 Å². The first-order valence-electron chi connectivity index (χ1n) is 8.77. The number of anilines is 1. The molecule has 0 aromatic heterocycles. The van der Waals surface area contributed by atoms with Crippen LogP contribution in [0.25, 0.3) is 0 Å². The lowest BCUT2D eigenvalue weighted by Crippen LogP contribution is -3.27. The maximum absolute atomic E-state index is 12.4. The van der Waals surface area contributed by atoms with E-state index in [1.807, 2.05) is 24.3 Å². The van der Waals surface area contributed by atoms with E-state index in [4.69, 9.17) is 0 Å². The summed E-state index contributed by atoms with van der Waals surface area (Å²) < 4.78 is 0. The quantitative estimate of drug-likeness (QED) is 0.689. The zero-order valence-corrected chi connectivity index (χ0v) is 14.3. The number of carbonyl (C=O) groups excluding carboxylic acids is 1. The summed E-state index contributed by atoms with van der Waals surface area (Å²) in [6.07, 6.45) is 0.835. The molecule has 0 radical (unpaired) electrons. The summed E-state index contributed by atoms with van der Waals surface area (Å²) in [6.45, 7) is 5.00. The smallest absolute Gasteiger partial charge is 0.279 e. The molecule has 0 bridgehead atoms. The highest BCUT2D eigenvalue weighted by molar-refractivity contribution is 5.92. The van der Waals surface area contributed by atoms with Crippen LogP contribution in [0, 0.1) is 0 Å². The molecule has 0 unspecified atom stereocenters. The molecule has 24 heavy (non-hydrogen) atoms. The molecule has 4 heteroatoms. The van der Waals surface area contributed by atoms with Crippen LogP contribution in [0.1, 0.15) is 11.1 Å². The largest absolute Gasteiger partial charge is 0.328 e. The average molecular weight is 325 g/mol. The number of benzene rings is 2. The van der Waals surface area contributed by atoms with Gasteiger partial charge >= 0.3 is 0 Å². The fourth-order valence-electron chi connectivity index (χ4n) is 3.24. The van der Waals surface area contributed by atoms with E-state index in [0.717, 1.165) is 43.9 Å². The summed E-state index contributed by atoms with van der Waals surface area (Å²) in [5.41, 5.74) is 3.35. The van der Waals surface area contributed by atoms with Crippen molar-refractivity contribution in [2.75, 3.05) is 45.1 Å². The van der Waals surface area contributed by atoms with E-state index in [1.54, 1.807) is 4.90 Å². The Bertz CT molecular complexity index is 664. The molecule has 2 aromatic carbocycles. The summed E-state index contributed by atoms with van der Waals surface area (Å²) in [6, 6.07) is 18.5. The van der Waals surface area contributed by atoms with Crippen LogP contribution < -0.4 is 15.1 Å². The molecule has 3 N–H and O–H groups in total. The second-order valence-corrected chi connectivity index (χ2v) is 6.75. The molecular weight excluding hydrogens is 298 g/mol. The van der Waals surface area contributed by atoms with Gasteiger partial charge in [-0.1, -0.05) is 48.5 Å². The Morgan fingerprint density at radius 1 is 0.958 bits per heavy atom. The van der Waals surface area contributed by atoms with Crippen LogP contribution in [0.3, 0.4) is 0 Å². The van der Waals surface area contributed by atoms with E-state index < -0.39 is 0 Å². The summed E-state index contributed by atoms with van der Waals surface area (Å²) in [5, 5.41) is 3.12. The molecule has 1 aliphatic heterocycles. The van der Waals surface area contributed by atoms with Crippen LogP contribution >= 0.6 is 0 Å². The molecule has 126 valence electrons. The Morgan fingerprint density at radius 2 is 1.62 bits per heavy atom. The number of quaternary nitrogens is 2. The predicted octanol–water partition coefficient (Wildman–Crippen LogP) is -0.371. The van der Waals surface area contributed by atoms with Gasteiger partial charge in [0.05, 0.1) is 7.05 Å². The van der Waals surface area contributed by atoms with Crippen molar-refractivity contribution in [2.24, 2.45) is 0 Å². The first kappa shape index (κ1) is 16.7. The Labute approximate surface area is 144 Å². The summed E-state index contributed by atoms with van der Waals surface area (Å²) in [5.74, 6) is 0.116. The third-order valence-corrected chi connectivity index (χ3v) is 4.75. The third-order valence-electron chi connectivity index (χ3n) is 4.75. The number of hydrogen-bond acceptors (Lipinski definition) is 1. The highest BCUT2D eigenvalue weighted by Crippen LogP contribution is 2.18. The summed E-state index contributed by atoms with van der Waals surface area (Å²) >= 11 is 0. The molecule has 0 aliphatic carbocycles. The highest BCUT2D eigenvalue weighted by atomic mass is 16.2. The normalized spacial score (nSPS) is 20.5. The topological polar surface area (TPSA) is 38.0 Å². The lowest BCUT2D eigenvalue weighted by molar-refractivity contribution is -0.999. The minimum absolute atomic E-state index is 0.116. The highest BCUT2D eigenvalue weighted by Gasteiger charge is 2.22. The molecule has 1 fully saturated rings. The third kappa shape index (κ3) is 4.66. The molecule has 0 saturated carbocycles. The number of rotatable bonds is 5. The van der Waals surface area contributed by atoms with E-state index >= 15 is 0 Å². The number of hydrogen-bond donors (Lipinski definition) is 3. The Hall–Kier alpha value is -2.17. The van der Waals surface area contributed by atoms with Crippen molar-refractivity contribution >= 4 is 11.6 Å². The van der Waals surface area contributed by atoms with E-state index in [0.29, 0.717) is 6.54 Å². The number of para-hydroxylation sites is 1. The predicted molar refractivity (Wildman–Crippen MR) is 96.5 cm³/mol. The fraction of sp³-hybridized carbons (Fsp3) is 0.350. The average Bonchev–Trinajstić information content (AvgIpc) is 2.60. The van der Waals surface area contributed by atoms with Crippen LogP contribution in [0.2, 0.25) is 0 Å². The Morgan fingerprint density at radius 3 is 2.38 bits per heavy atom. The van der Waals surface area contributed by atoms with Crippen LogP contribution in [0.15, 0.2) is 54.6 Å². The fourth-order valence-corrected chi connectivity index (χ4v) is 3.24. The number of nitrogens with one attached hydrogen (secondary N) is 3. The van der Waals surface area contributed by atoms with Crippen LogP contribution in [0.4, 0.5) is 5.69 Å². The number of carbonyl (C=O) groups is 1. The SMILES string of the molecule is C[NH+]1CC[NH+](CC(=O)Nc2ccccc2Cc2ccccc2)CC1.